The molecule has 2 atom stereocenters. The lowest BCUT2D eigenvalue weighted by Crippen LogP contribution is -2.40. The molecule has 1 aromatic carbocycles. The molecule has 1 saturated carbocycles. The number of anilines is 1. The predicted molar refractivity (Wildman–Crippen MR) is 87.4 cm³/mol. The molecule has 1 aromatic rings. The van der Waals surface area contributed by atoms with Crippen molar-refractivity contribution in [1.29, 1.82) is 0 Å². The minimum Gasteiger partial charge on any atom is -0.491 e. The maximum absolute atomic E-state index is 12.1. The number of ether oxygens (including phenoxy) is 2. The van der Waals surface area contributed by atoms with Gasteiger partial charge in [0, 0.05) is 24.9 Å². The van der Waals surface area contributed by atoms with E-state index in [1.54, 1.807) is 7.11 Å². The number of amides is 2. The van der Waals surface area contributed by atoms with E-state index in [1.807, 2.05) is 24.3 Å². The zero-order chi connectivity index (χ0) is 15.8. The van der Waals surface area contributed by atoms with Crippen molar-refractivity contribution in [2.75, 3.05) is 25.6 Å². The van der Waals surface area contributed by atoms with Crippen molar-refractivity contribution in [1.82, 2.24) is 5.32 Å². The average molecular weight is 306 g/mol. The molecule has 5 heteroatoms. The molecule has 2 rings (SSSR count). The lowest BCUT2D eigenvalue weighted by molar-refractivity contribution is 0.146. The Morgan fingerprint density at radius 1 is 1.32 bits per heavy atom. The molecule has 0 aromatic heterocycles. The first-order valence-electron chi connectivity index (χ1n) is 7.96. The number of rotatable bonds is 6. The van der Waals surface area contributed by atoms with Gasteiger partial charge in [0.1, 0.15) is 12.4 Å². The van der Waals surface area contributed by atoms with Crippen molar-refractivity contribution in [3.05, 3.63) is 24.3 Å². The molecule has 1 aliphatic carbocycles. The Hall–Kier alpha value is -1.75. The standard InChI is InChI=1S/C17H26N2O3/c1-13-5-3-6-14(11-13)18-17(20)19-15-7-4-8-16(12-15)22-10-9-21-2/h4,7-8,12-14H,3,5-6,9-11H2,1-2H3,(H2,18,19,20). The van der Waals surface area contributed by atoms with E-state index >= 15 is 0 Å². The summed E-state index contributed by atoms with van der Waals surface area (Å²) in [5.74, 6) is 1.41. The van der Waals surface area contributed by atoms with E-state index in [0.29, 0.717) is 19.1 Å². The summed E-state index contributed by atoms with van der Waals surface area (Å²) in [6.07, 6.45) is 4.58. The van der Waals surface area contributed by atoms with E-state index in [1.165, 1.54) is 12.8 Å². The predicted octanol–water partition coefficient (Wildman–Crippen LogP) is 3.41. The number of urea groups is 1. The monoisotopic (exact) mass is 306 g/mol. The van der Waals surface area contributed by atoms with Crippen LogP contribution in [0.15, 0.2) is 24.3 Å². The molecule has 22 heavy (non-hydrogen) atoms. The largest absolute Gasteiger partial charge is 0.491 e. The van der Waals surface area contributed by atoms with Crippen LogP contribution in [-0.4, -0.2) is 32.4 Å². The van der Waals surface area contributed by atoms with Crippen LogP contribution in [0.2, 0.25) is 0 Å². The molecular weight excluding hydrogens is 280 g/mol. The van der Waals surface area contributed by atoms with Gasteiger partial charge in [0.2, 0.25) is 0 Å². The normalized spacial score (nSPS) is 21.2. The summed E-state index contributed by atoms with van der Waals surface area (Å²) in [4.78, 5) is 12.1. The maximum atomic E-state index is 12.1. The summed E-state index contributed by atoms with van der Waals surface area (Å²) in [6.45, 7) is 3.27. The molecule has 5 nitrogen and oxygen atoms in total. The van der Waals surface area contributed by atoms with Gasteiger partial charge in [-0.25, -0.2) is 4.79 Å². The van der Waals surface area contributed by atoms with E-state index in [-0.39, 0.29) is 12.1 Å². The molecule has 122 valence electrons. The number of hydrogen-bond donors (Lipinski definition) is 2. The van der Waals surface area contributed by atoms with Gasteiger partial charge in [-0.2, -0.15) is 0 Å². The Kier molecular flexibility index (Phi) is 6.52. The summed E-state index contributed by atoms with van der Waals surface area (Å²) in [5, 5.41) is 5.93. The number of hydrogen-bond acceptors (Lipinski definition) is 3. The van der Waals surface area contributed by atoms with Crippen molar-refractivity contribution in [3.63, 3.8) is 0 Å². The second-order valence-corrected chi connectivity index (χ2v) is 5.94. The quantitative estimate of drug-likeness (QED) is 0.792. The van der Waals surface area contributed by atoms with Gasteiger partial charge in [-0.3, -0.25) is 0 Å². The number of nitrogens with one attached hydrogen (secondary N) is 2. The first-order valence-corrected chi connectivity index (χ1v) is 7.96. The summed E-state index contributed by atoms with van der Waals surface area (Å²) in [7, 11) is 1.64. The third-order valence-electron chi connectivity index (χ3n) is 3.92. The van der Waals surface area contributed by atoms with Gasteiger partial charge in [-0.05, 0) is 30.9 Å². The maximum Gasteiger partial charge on any atom is 0.319 e. The van der Waals surface area contributed by atoms with Crippen LogP contribution in [-0.2, 0) is 4.74 Å². The molecule has 0 radical (unpaired) electrons. The summed E-state index contributed by atoms with van der Waals surface area (Å²) >= 11 is 0. The highest BCUT2D eigenvalue weighted by molar-refractivity contribution is 5.89. The van der Waals surface area contributed by atoms with Crippen LogP contribution in [0.1, 0.15) is 32.6 Å². The average Bonchev–Trinajstić information content (AvgIpc) is 2.48. The lowest BCUT2D eigenvalue weighted by atomic mass is 9.87. The fourth-order valence-corrected chi connectivity index (χ4v) is 2.82. The second kappa shape index (κ2) is 8.63. The highest BCUT2D eigenvalue weighted by Crippen LogP contribution is 2.23. The fraction of sp³-hybridized carbons (Fsp3) is 0.588. The van der Waals surface area contributed by atoms with Crippen molar-refractivity contribution in [2.24, 2.45) is 5.92 Å². The van der Waals surface area contributed by atoms with Gasteiger partial charge in [0.05, 0.1) is 6.61 Å². The Balaban J connectivity index is 1.81. The smallest absolute Gasteiger partial charge is 0.319 e. The molecular formula is C17H26N2O3. The van der Waals surface area contributed by atoms with E-state index in [0.717, 1.165) is 24.3 Å². The van der Waals surface area contributed by atoms with Crippen molar-refractivity contribution in [2.45, 2.75) is 38.6 Å². The first kappa shape index (κ1) is 16.6. The van der Waals surface area contributed by atoms with Crippen molar-refractivity contribution in [3.8, 4) is 5.75 Å². The Morgan fingerprint density at radius 2 is 2.18 bits per heavy atom. The SMILES string of the molecule is COCCOc1cccc(NC(=O)NC2CCCC(C)C2)c1. The van der Waals surface area contributed by atoms with Gasteiger partial charge < -0.3 is 20.1 Å². The summed E-state index contributed by atoms with van der Waals surface area (Å²) in [5.41, 5.74) is 0.733. The molecule has 0 saturated heterocycles. The van der Waals surface area contributed by atoms with Crippen molar-refractivity contribution >= 4 is 11.7 Å². The number of carbonyl (C=O) groups is 1. The van der Waals surface area contributed by atoms with Crippen LogP contribution >= 0.6 is 0 Å². The van der Waals surface area contributed by atoms with Crippen LogP contribution in [0.3, 0.4) is 0 Å². The molecule has 0 heterocycles. The molecule has 0 spiro atoms. The fourth-order valence-electron chi connectivity index (χ4n) is 2.82. The third-order valence-corrected chi connectivity index (χ3v) is 3.92. The van der Waals surface area contributed by atoms with E-state index in [4.69, 9.17) is 9.47 Å². The number of carbonyl (C=O) groups excluding carboxylic acids is 1. The molecule has 2 unspecified atom stereocenters. The zero-order valence-electron chi connectivity index (χ0n) is 13.4. The molecule has 1 aliphatic rings. The van der Waals surface area contributed by atoms with Crippen LogP contribution in [0.4, 0.5) is 10.5 Å². The summed E-state index contributed by atoms with van der Waals surface area (Å²) in [6, 6.07) is 7.53. The highest BCUT2D eigenvalue weighted by Gasteiger charge is 2.20. The molecule has 2 N–H and O–H groups in total. The first-order chi connectivity index (χ1) is 10.7. The molecule has 0 bridgehead atoms. The van der Waals surface area contributed by atoms with Crippen LogP contribution < -0.4 is 15.4 Å². The summed E-state index contributed by atoms with van der Waals surface area (Å²) < 4.78 is 10.5. The third kappa shape index (κ3) is 5.56. The topological polar surface area (TPSA) is 59.6 Å². The van der Waals surface area contributed by atoms with Crippen LogP contribution in [0.25, 0.3) is 0 Å². The van der Waals surface area contributed by atoms with Crippen LogP contribution in [0, 0.1) is 5.92 Å². The molecule has 1 fully saturated rings. The number of benzene rings is 1. The molecule has 0 aliphatic heterocycles. The van der Waals surface area contributed by atoms with Gasteiger partial charge in [-0.1, -0.05) is 25.8 Å². The molecule has 2 amide bonds. The lowest BCUT2D eigenvalue weighted by Gasteiger charge is -2.27. The van der Waals surface area contributed by atoms with Crippen molar-refractivity contribution < 1.29 is 14.3 Å². The minimum absolute atomic E-state index is 0.145. The minimum atomic E-state index is -0.145. The second-order valence-electron chi connectivity index (χ2n) is 5.94. The zero-order valence-corrected chi connectivity index (χ0v) is 13.4. The van der Waals surface area contributed by atoms with Gasteiger partial charge in [0.25, 0.3) is 0 Å². The van der Waals surface area contributed by atoms with Gasteiger partial charge in [-0.15, -0.1) is 0 Å². The van der Waals surface area contributed by atoms with Gasteiger partial charge in [0.15, 0.2) is 0 Å². The Bertz CT molecular complexity index is 479. The van der Waals surface area contributed by atoms with E-state index in [9.17, 15) is 4.79 Å². The number of methoxy groups -OCH3 is 1. The van der Waals surface area contributed by atoms with E-state index < -0.39 is 0 Å². The van der Waals surface area contributed by atoms with E-state index in [2.05, 4.69) is 17.6 Å². The van der Waals surface area contributed by atoms with Crippen LogP contribution in [0.5, 0.6) is 5.75 Å². The Labute approximate surface area is 132 Å². The highest BCUT2D eigenvalue weighted by atomic mass is 16.5. The Morgan fingerprint density at radius 3 is 2.95 bits per heavy atom. The van der Waals surface area contributed by atoms with Gasteiger partial charge >= 0.3 is 6.03 Å².